The summed E-state index contributed by atoms with van der Waals surface area (Å²) in [7, 11) is 0. The highest BCUT2D eigenvalue weighted by molar-refractivity contribution is 7.13. The average Bonchev–Trinajstić information content (AvgIpc) is 3.51. The fraction of sp³-hybridized carbons (Fsp3) is 0.379. The molecule has 3 amide bonds. The lowest BCUT2D eigenvalue weighted by molar-refractivity contribution is -0.142. The molecule has 0 spiro atoms. The van der Waals surface area contributed by atoms with E-state index in [-0.39, 0.29) is 25.4 Å². The van der Waals surface area contributed by atoms with Gasteiger partial charge in [0.2, 0.25) is 11.8 Å². The van der Waals surface area contributed by atoms with Crippen LogP contribution >= 0.6 is 11.3 Å². The molecule has 1 saturated heterocycles. The van der Waals surface area contributed by atoms with Crippen molar-refractivity contribution in [2.75, 3.05) is 6.54 Å². The van der Waals surface area contributed by atoms with Gasteiger partial charge in [0.05, 0.1) is 22.2 Å². The maximum Gasteiger partial charge on any atom is 0.413 e. The summed E-state index contributed by atoms with van der Waals surface area (Å²) in [5.41, 5.74) is 4.07. The molecule has 1 aromatic heterocycles. The van der Waals surface area contributed by atoms with Crippen molar-refractivity contribution in [2.45, 2.75) is 58.8 Å². The molecule has 10 heteroatoms. The Bertz CT molecular complexity index is 1300. The fourth-order valence-electron chi connectivity index (χ4n) is 4.52. The molecule has 1 aliphatic rings. The molecule has 4 rings (SSSR count). The predicted octanol–water partition coefficient (Wildman–Crippen LogP) is 3.90. The van der Waals surface area contributed by atoms with Crippen molar-refractivity contribution >= 4 is 29.2 Å². The van der Waals surface area contributed by atoms with E-state index in [9.17, 15) is 19.5 Å². The number of para-hydroxylation sites is 1. The largest absolute Gasteiger partial charge is 0.413 e. The molecule has 1 unspecified atom stereocenters. The minimum Gasteiger partial charge on any atom is -0.410 e. The summed E-state index contributed by atoms with van der Waals surface area (Å²) in [4.78, 5) is 46.2. The first-order valence-electron chi connectivity index (χ1n) is 12.8. The van der Waals surface area contributed by atoms with Crippen LogP contribution in [0.3, 0.4) is 0 Å². The standard InChI is InChI=1S/C29H34N4O5S/c1-18-24(39-17-31-18)20-12-10-19(11-13-20)15-30-26(35)23-14-21(34)16-33(23)27(36)25(29(2,3)4)32-28(37)38-22-8-6-5-7-9-22/h5-13,17,21,23,25,34H,14-16H2,1-4H3,(H,30,35)(H,32,37)/t21-,23+,25?/m1/s1. The van der Waals surface area contributed by atoms with Gasteiger partial charge in [0.1, 0.15) is 17.8 Å². The van der Waals surface area contributed by atoms with Crippen LogP contribution in [-0.4, -0.2) is 57.6 Å². The number of aliphatic hydroxyl groups is 1. The first-order valence-corrected chi connectivity index (χ1v) is 13.7. The molecule has 0 radical (unpaired) electrons. The minimum absolute atomic E-state index is 0.00180. The number of aliphatic hydroxyl groups excluding tert-OH is 1. The number of β-amino-alcohol motifs (C(OH)–C–C–N with tert-alkyl or cyclic N) is 1. The number of ether oxygens (including phenoxy) is 1. The average molecular weight is 551 g/mol. The monoisotopic (exact) mass is 550 g/mol. The summed E-state index contributed by atoms with van der Waals surface area (Å²) >= 11 is 1.58. The number of aromatic nitrogens is 1. The molecule has 0 aliphatic carbocycles. The zero-order valence-electron chi connectivity index (χ0n) is 22.5. The third-order valence-electron chi connectivity index (χ3n) is 6.62. The molecule has 1 aliphatic heterocycles. The van der Waals surface area contributed by atoms with E-state index >= 15 is 0 Å². The summed E-state index contributed by atoms with van der Waals surface area (Å²) in [6, 6.07) is 14.6. The summed E-state index contributed by atoms with van der Waals surface area (Å²) in [5.74, 6) is -0.463. The quantitative estimate of drug-likeness (QED) is 0.410. The molecule has 3 aromatic rings. The highest BCUT2D eigenvalue weighted by Gasteiger charge is 2.44. The molecule has 1 fully saturated rings. The lowest BCUT2D eigenvalue weighted by Crippen LogP contribution is -2.58. The van der Waals surface area contributed by atoms with Crippen LogP contribution in [0.1, 0.15) is 38.4 Å². The van der Waals surface area contributed by atoms with Crippen LogP contribution in [-0.2, 0) is 16.1 Å². The first kappa shape index (κ1) is 28.3. The van der Waals surface area contributed by atoms with Gasteiger partial charge in [-0.25, -0.2) is 9.78 Å². The minimum atomic E-state index is -0.975. The van der Waals surface area contributed by atoms with Crippen LogP contribution in [0.2, 0.25) is 0 Å². The number of likely N-dealkylation sites (tertiary alicyclic amines) is 1. The van der Waals surface area contributed by atoms with Crippen LogP contribution in [0, 0.1) is 12.3 Å². The van der Waals surface area contributed by atoms with Crippen molar-refractivity contribution in [3.8, 4) is 16.2 Å². The second-order valence-corrected chi connectivity index (χ2v) is 11.6. The number of carbonyl (C=O) groups is 3. The van der Waals surface area contributed by atoms with Crippen molar-refractivity contribution in [1.29, 1.82) is 0 Å². The van der Waals surface area contributed by atoms with Crippen molar-refractivity contribution in [1.82, 2.24) is 20.5 Å². The van der Waals surface area contributed by atoms with Gasteiger partial charge in [0.15, 0.2) is 0 Å². The first-order chi connectivity index (χ1) is 18.5. The number of nitrogens with zero attached hydrogens (tertiary/aromatic N) is 2. The number of amides is 3. The maximum absolute atomic E-state index is 13.7. The Morgan fingerprint density at radius 2 is 1.82 bits per heavy atom. The van der Waals surface area contributed by atoms with Crippen LogP contribution in [0.4, 0.5) is 4.79 Å². The van der Waals surface area contributed by atoms with E-state index in [0.29, 0.717) is 5.75 Å². The molecule has 206 valence electrons. The van der Waals surface area contributed by atoms with E-state index in [1.807, 2.05) is 57.5 Å². The summed E-state index contributed by atoms with van der Waals surface area (Å²) in [6.45, 7) is 7.70. The number of aryl methyl sites for hydroxylation is 1. The van der Waals surface area contributed by atoms with Gasteiger partial charge in [-0.15, -0.1) is 11.3 Å². The predicted molar refractivity (Wildman–Crippen MR) is 149 cm³/mol. The summed E-state index contributed by atoms with van der Waals surface area (Å²) < 4.78 is 5.32. The number of carbonyl (C=O) groups excluding carboxylic acids is 3. The molecule has 39 heavy (non-hydrogen) atoms. The number of hydrogen-bond donors (Lipinski definition) is 3. The Hall–Kier alpha value is -3.76. The lowest BCUT2D eigenvalue weighted by atomic mass is 9.85. The summed E-state index contributed by atoms with van der Waals surface area (Å²) in [5, 5.41) is 15.9. The van der Waals surface area contributed by atoms with E-state index in [4.69, 9.17) is 4.74 Å². The number of nitrogens with one attached hydrogen (secondary N) is 2. The lowest BCUT2D eigenvalue weighted by Gasteiger charge is -2.35. The van der Waals surface area contributed by atoms with Gasteiger partial charge in [0.25, 0.3) is 0 Å². The van der Waals surface area contributed by atoms with E-state index in [0.717, 1.165) is 21.7 Å². The van der Waals surface area contributed by atoms with E-state index in [1.165, 1.54) is 4.90 Å². The van der Waals surface area contributed by atoms with Gasteiger partial charge in [-0.2, -0.15) is 0 Å². The smallest absolute Gasteiger partial charge is 0.410 e. The van der Waals surface area contributed by atoms with Crippen LogP contribution in [0.25, 0.3) is 10.4 Å². The topological polar surface area (TPSA) is 121 Å². The van der Waals surface area contributed by atoms with E-state index in [1.54, 1.807) is 41.7 Å². The van der Waals surface area contributed by atoms with Gasteiger partial charge in [-0.3, -0.25) is 9.59 Å². The van der Waals surface area contributed by atoms with Gasteiger partial charge in [-0.1, -0.05) is 63.2 Å². The van der Waals surface area contributed by atoms with Gasteiger partial charge >= 0.3 is 6.09 Å². The molecule has 0 saturated carbocycles. The third-order valence-corrected chi connectivity index (χ3v) is 7.60. The number of rotatable bonds is 7. The van der Waals surface area contributed by atoms with Gasteiger partial charge in [-0.05, 0) is 35.6 Å². The van der Waals surface area contributed by atoms with Crippen molar-refractivity contribution in [2.24, 2.45) is 5.41 Å². The molecular weight excluding hydrogens is 516 g/mol. The van der Waals surface area contributed by atoms with Crippen LogP contribution in [0.15, 0.2) is 60.1 Å². The Labute approximate surface area is 232 Å². The molecule has 3 N–H and O–H groups in total. The second kappa shape index (κ2) is 12.0. The maximum atomic E-state index is 13.7. The van der Waals surface area contributed by atoms with Crippen molar-refractivity contribution in [3.63, 3.8) is 0 Å². The molecule has 2 heterocycles. The van der Waals surface area contributed by atoms with Crippen LogP contribution < -0.4 is 15.4 Å². The Kier molecular flexibility index (Phi) is 8.66. The SMILES string of the molecule is Cc1ncsc1-c1ccc(CNC(=O)[C@@H]2C[C@@H](O)CN2C(=O)C(NC(=O)Oc2ccccc2)C(C)(C)C)cc1. The Morgan fingerprint density at radius 3 is 2.44 bits per heavy atom. The Morgan fingerprint density at radius 1 is 1.13 bits per heavy atom. The number of hydrogen-bond acceptors (Lipinski definition) is 7. The molecular formula is C29H34N4O5S. The number of thiazole rings is 1. The van der Waals surface area contributed by atoms with Crippen molar-refractivity contribution in [3.05, 3.63) is 71.4 Å². The highest BCUT2D eigenvalue weighted by atomic mass is 32.1. The highest BCUT2D eigenvalue weighted by Crippen LogP contribution is 2.28. The molecule has 0 bridgehead atoms. The zero-order valence-corrected chi connectivity index (χ0v) is 23.3. The van der Waals surface area contributed by atoms with E-state index < -0.39 is 35.6 Å². The zero-order chi connectivity index (χ0) is 28.2. The second-order valence-electron chi connectivity index (χ2n) is 10.7. The molecule has 2 aromatic carbocycles. The van der Waals surface area contributed by atoms with Gasteiger partial charge < -0.3 is 25.4 Å². The normalized spacial score (nSPS) is 17.9. The van der Waals surface area contributed by atoms with E-state index in [2.05, 4.69) is 15.6 Å². The van der Waals surface area contributed by atoms with Crippen LogP contribution in [0.5, 0.6) is 5.75 Å². The summed E-state index contributed by atoms with van der Waals surface area (Å²) in [6.07, 6.45) is -1.50. The van der Waals surface area contributed by atoms with Crippen molar-refractivity contribution < 1.29 is 24.2 Å². The van der Waals surface area contributed by atoms with Gasteiger partial charge in [0, 0.05) is 19.5 Å². The Balaban J connectivity index is 1.41. The molecule has 3 atom stereocenters. The molecule has 9 nitrogen and oxygen atoms in total. The fourth-order valence-corrected chi connectivity index (χ4v) is 5.33. The number of benzene rings is 2. The third kappa shape index (κ3) is 7.01.